The Labute approximate surface area is 205 Å². The summed E-state index contributed by atoms with van der Waals surface area (Å²) < 4.78 is 0. The van der Waals surface area contributed by atoms with E-state index in [2.05, 4.69) is 69.7 Å². The first-order valence-corrected chi connectivity index (χ1v) is 12.3. The number of hydrogen-bond donors (Lipinski definition) is 3. The fourth-order valence-electron chi connectivity index (χ4n) is 3.29. The van der Waals surface area contributed by atoms with Crippen molar-refractivity contribution in [2.24, 2.45) is 5.92 Å². The van der Waals surface area contributed by atoms with Crippen molar-refractivity contribution in [3.05, 3.63) is 65.6 Å². The number of carboxylic acid groups (broad SMARTS) is 1. The van der Waals surface area contributed by atoms with Crippen molar-refractivity contribution < 1.29 is 9.90 Å². The zero-order chi connectivity index (χ0) is 25.4. The molecule has 2 atom stereocenters. The predicted molar refractivity (Wildman–Crippen MR) is 145 cm³/mol. The second-order valence-electron chi connectivity index (χ2n) is 9.36. The average Bonchev–Trinajstić information content (AvgIpc) is 3.20. The molecule has 0 fully saturated rings. The van der Waals surface area contributed by atoms with Crippen LogP contribution in [0.5, 0.6) is 0 Å². The van der Waals surface area contributed by atoms with E-state index in [1.54, 1.807) is 0 Å². The molecule has 0 saturated carbocycles. The number of hydrogen-bond acceptors (Lipinski definition) is 4. The van der Waals surface area contributed by atoms with Gasteiger partial charge in [0.1, 0.15) is 5.82 Å². The number of pyridine rings is 1. The van der Waals surface area contributed by atoms with Gasteiger partial charge in [0.15, 0.2) is 5.65 Å². The van der Waals surface area contributed by atoms with Crippen LogP contribution in [-0.4, -0.2) is 31.7 Å². The maximum absolute atomic E-state index is 9.81. The van der Waals surface area contributed by atoms with Gasteiger partial charge in [-0.15, -0.1) is 9.24 Å². The first-order valence-electron chi connectivity index (χ1n) is 11.7. The molecular formula is C27H37N4O2P. The maximum atomic E-state index is 9.81. The van der Waals surface area contributed by atoms with Crippen LogP contribution < -0.4 is 0 Å². The van der Waals surface area contributed by atoms with Gasteiger partial charge >= 0.3 is 5.97 Å². The Bertz CT molecular complexity index is 1130. The lowest BCUT2D eigenvalue weighted by Gasteiger charge is -2.08. The zero-order valence-corrected chi connectivity index (χ0v) is 22.0. The van der Waals surface area contributed by atoms with Crippen molar-refractivity contribution in [1.29, 1.82) is 5.41 Å². The number of fused-ring (bicyclic) bond motifs is 1. The van der Waals surface area contributed by atoms with Crippen LogP contribution in [0.1, 0.15) is 88.0 Å². The van der Waals surface area contributed by atoms with Gasteiger partial charge in [0.25, 0.3) is 0 Å². The Balaban J connectivity index is 0.000000509. The fraction of sp³-hybridized carbons (Fsp3) is 0.407. The molecule has 0 bridgehead atoms. The molecule has 2 unspecified atom stereocenters. The number of aromatic amines is 1. The summed E-state index contributed by atoms with van der Waals surface area (Å²) in [7, 11) is 2.78. The van der Waals surface area contributed by atoms with Crippen molar-refractivity contribution in [1.82, 2.24) is 15.0 Å². The van der Waals surface area contributed by atoms with E-state index >= 15 is 0 Å². The lowest BCUT2D eigenvalue weighted by atomic mass is 9.98. The summed E-state index contributed by atoms with van der Waals surface area (Å²) in [5.74, 6) is 0.825. The molecule has 3 rings (SSSR count). The van der Waals surface area contributed by atoms with Crippen LogP contribution in [-0.2, 0) is 4.79 Å². The molecule has 0 radical (unpaired) electrons. The van der Waals surface area contributed by atoms with E-state index in [-0.39, 0.29) is 12.3 Å². The van der Waals surface area contributed by atoms with Gasteiger partial charge in [-0.1, -0.05) is 65.5 Å². The molecule has 0 aliphatic carbocycles. The van der Waals surface area contributed by atoms with Crippen molar-refractivity contribution in [3.8, 4) is 0 Å². The number of rotatable bonds is 9. The monoisotopic (exact) mass is 480 g/mol. The molecule has 7 heteroatoms. The van der Waals surface area contributed by atoms with E-state index in [0.717, 1.165) is 28.0 Å². The second-order valence-corrected chi connectivity index (χ2v) is 10.4. The molecule has 0 amide bonds. The van der Waals surface area contributed by atoms with Crippen molar-refractivity contribution >= 4 is 37.7 Å². The molecule has 6 nitrogen and oxygen atoms in total. The van der Waals surface area contributed by atoms with E-state index < -0.39 is 5.97 Å². The Morgan fingerprint density at radius 2 is 1.76 bits per heavy atom. The molecule has 0 spiro atoms. The summed E-state index contributed by atoms with van der Waals surface area (Å²) in [6, 6.07) is 10.4. The lowest BCUT2D eigenvalue weighted by Crippen LogP contribution is -2.00. The number of H-pyrrole nitrogens is 1. The van der Waals surface area contributed by atoms with E-state index in [9.17, 15) is 4.79 Å². The molecule has 182 valence electrons. The number of aliphatic carboxylic acids is 1. The molecule has 0 aliphatic heterocycles. The third kappa shape index (κ3) is 8.18. The SMILES string of the molecule is C=C(CCC(=N)c1ccc(C(C)C)cc1)c1nc2ncc(C(C)P)cc2[nH]1.CC(C)CC(=O)O. The number of benzene rings is 1. The van der Waals surface area contributed by atoms with Gasteiger partial charge in [-0.25, -0.2) is 9.97 Å². The van der Waals surface area contributed by atoms with Gasteiger partial charge in [-0.05, 0) is 58.7 Å². The number of nitrogens with one attached hydrogen (secondary N) is 2. The molecule has 2 aromatic heterocycles. The van der Waals surface area contributed by atoms with E-state index in [1.165, 1.54) is 5.56 Å². The van der Waals surface area contributed by atoms with Gasteiger partial charge in [0, 0.05) is 18.3 Å². The van der Waals surface area contributed by atoms with Crippen molar-refractivity contribution in [2.75, 3.05) is 0 Å². The first kappa shape index (κ1) is 27.4. The average molecular weight is 481 g/mol. The largest absolute Gasteiger partial charge is 0.481 e. The highest BCUT2D eigenvalue weighted by Crippen LogP contribution is 2.25. The fourth-order valence-corrected chi connectivity index (χ4v) is 3.47. The Morgan fingerprint density at radius 1 is 1.12 bits per heavy atom. The molecule has 3 aromatic rings. The highest BCUT2D eigenvalue weighted by atomic mass is 31.0. The number of carbonyl (C=O) groups is 1. The summed E-state index contributed by atoms with van der Waals surface area (Å²) in [6.45, 7) is 14.4. The smallest absolute Gasteiger partial charge is 0.303 e. The standard InChI is InChI=1S/C22H27N4P.C5H10O2/c1-13(2)16-6-8-17(9-7-16)19(23)10-5-14(3)21-25-20-11-18(15(4)27)12-24-22(20)26-21;1-4(2)3-5(6)7/h6-9,11-13,15,23H,3,5,10,27H2,1-2,4H3,(H,24,25,26);4H,3H2,1-2H3,(H,6,7). The highest BCUT2D eigenvalue weighted by molar-refractivity contribution is 7.17. The number of nitrogens with zero attached hydrogens (tertiary/aromatic N) is 2. The Hall–Kier alpha value is -2.85. The summed E-state index contributed by atoms with van der Waals surface area (Å²) in [5.41, 5.74) is 6.93. The van der Waals surface area contributed by atoms with Crippen LogP contribution in [0.4, 0.5) is 0 Å². The maximum Gasteiger partial charge on any atom is 0.303 e. The zero-order valence-electron chi connectivity index (χ0n) is 20.9. The highest BCUT2D eigenvalue weighted by Gasteiger charge is 2.11. The minimum absolute atomic E-state index is 0.275. The Morgan fingerprint density at radius 3 is 2.26 bits per heavy atom. The number of carboxylic acids is 1. The van der Waals surface area contributed by atoms with Gasteiger partial charge < -0.3 is 15.5 Å². The summed E-state index contributed by atoms with van der Waals surface area (Å²) in [4.78, 5) is 22.1. The van der Waals surface area contributed by atoms with Crippen LogP contribution in [0.2, 0.25) is 0 Å². The molecule has 3 N–H and O–H groups in total. The van der Waals surface area contributed by atoms with E-state index in [0.29, 0.717) is 35.8 Å². The molecule has 2 heterocycles. The minimum Gasteiger partial charge on any atom is -0.481 e. The lowest BCUT2D eigenvalue weighted by molar-refractivity contribution is -0.137. The van der Waals surface area contributed by atoms with Crippen molar-refractivity contribution in [2.45, 2.75) is 65.5 Å². The molecule has 34 heavy (non-hydrogen) atoms. The molecule has 0 aliphatic rings. The van der Waals surface area contributed by atoms with Crippen LogP contribution in [0.15, 0.2) is 43.1 Å². The van der Waals surface area contributed by atoms with Gasteiger partial charge in [0.05, 0.1) is 5.52 Å². The van der Waals surface area contributed by atoms with Gasteiger partial charge in [-0.3, -0.25) is 4.79 Å². The normalized spacial score (nSPS) is 11.9. The molecule has 0 saturated heterocycles. The minimum atomic E-state index is -0.713. The molecule has 1 aromatic carbocycles. The van der Waals surface area contributed by atoms with Crippen LogP contribution in [0, 0.1) is 11.3 Å². The summed E-state index contributed by atoms with van der Waals surface area (Å²) in [5, 5.41) is 16.4. The number of allylic oxidation sites excluding steroid dienone is 1. The summed E-state index contributed by atoms with van der Waals surface area (Å²) >= 11 is 0. The van der Waals surface area contributed by atoms with Crippen LogP contribution in [0.25, 0.3) is 16.7 Å². The number of aromatic nitrogens is 3. The third-order valence-corrected chi connectivity index (χ3v) is 5.79. The van der Waals surface area contributed by atoms with Gasteiger partial charge in [0.2, 0.25) is 0 Å². The van der Waals surface area contributed by atoms with E-state index in [1.807, 2.05) is 32.2 Å². The van der Waals surface area contributed by atoms with Crippen LogP contribution in [0.3, 0.4) is 0 Å². The first-order chi connectivity index (χ1) is 16.0. The van der Waals surface area contributed by atoms with Crippen LogP contribution >= 0.6 is 9.24 Å². The Kier molecular flexibility index (Phi) is 10.1. The number of imidazole rings is 1. The quantitative estimate of drug-likeness (QED) is 0.227. The second kappa shape index (κ2) is 12.6. The third-order valence-electron chi connectivity index (χ3n) is 5.40. The van der Waals surface area contributed by atoms with Gasteiger partial charge in [-0.2, -0.15) is 0 Å². The van der Waals surface area contributed by atoms with Crippen molar-refractivity contribution in [3.63, 3.8) is 0 Å². The topological polar surface area (TPSA) is 103 Å². The molecular weight excluding hydrogens is 443 g/mol. The summed E-state index contributed by atoms with van der Waals surface area (Å²) in [6.07, 6.45) is 3.47. The van der Waals surface area contributed by atoms with E-state index in [4.69, 9.17) is 10.5 Å². The predicted octanol–water partition coefficient (Wildman–Crippen LogP) is 7.00.